The molecule has 0 bridgehead atoms. The van der Waals surface area contributed by atoms with Crippen LogP contribution >= 0.6 is 11.6 Å². The topological polar surface area (TPSA) is 17.1 Å². The summed E-state index contributed by atoms with van der Waals surface area (Å²) >= 11 is 5.55. The van der Waals surface area contributed by atoms with Crippen molar-refractivity contribution in [2.75, 3.05) is 0 Å². The van der Waals surface area contributed by atoms with E-state index in [1.54, 1.807) is 0 Å². The van der Waals surface area contributed by atoms with Gasteiger partial charge >= 0.3 is 0 Å². The molecule has 0 aromatic heterocycles. The lowest BCUT2D eigenvalue weighted by atomic mass is 10.0. The maximum atomic E-state index is 10.1. The Morgan fingerprint density at radius 2 is 2.08 bits per heavy atom. The minimum absolute atomic E-state index is 0.570. The SMILES string of the molecule is C=C(Cl)/C=C\CCC(C)CCC=O. The molecule has 0 radical (unpaired) electrons. The van der Waals surface area contributed by atoms with E-state index in [2.05, 4.69) is 13.5 Å². The maximum Gasteiger partial charge on any atom is 0.120 e. The summed E-state index contributed by atoms with van der Waals surface area (Å²) < 4.78 is 0. The summed E-state index contributed by atoms with van der Waals surface area (Å²) in [5.41, 5.74) is 0. The molecular formula is C11H17ClO. The van der Waals surface area contributed by atoms with Crippen molar-refractivity contribution in [3.8, 4) is 0 Å². The zero-order chi connectivity index (χ0) is 10.1. The molecule has 0 saturated carbocycles. The molecule has 0 amide bonds. The van der Waals surface area contributed by atoms with Crippen LogP contribution in [0.1, 0.15) is 32.6 Å². The van der Waals surface area contributed by atoms with Gasteiger partial charge in [-0.05, 0) is 31.3 Å². The molecule has 13 heavy (non-hydrogen) atoms. The van der Waals surface area contributed by atoms with Crippen molar-refractivity contribution in [1.82, 2.24) is 0 Å². The molecule has 0 aliphatic heterocycles. The van der Waals surface area contributed by atoms with Crippen LogP contribution in [0, 0.1) is 5.92 Å². The van der Waals surface area contributed by atoms with E-state index in [9.17, 15) is 4.79 Å². The van der Waals surface area contributed by atoms with Gasteiger partial charge in [-0.25, -0.2) is 0 Å². The lowest BCUT2D eigenvalue weighted by molar-refractivity contribution is -0.108. The minimum atomic E-state index is 0.570. The van der Waals surface area contributed by atoms with Gasteiger partial charge in [0.2, 0.25) is 0 Å². The number of hydrogen-bond acceptors (Lipinski definition) is 1. The summed E-state index contributed by atoms with van der Waals surface area (Å²) in [7, 11) is 0. The third-order valence-electron chi connectivity index (χ3n) is 1.90. The van der Waals surface area contributed by atoms with Crippen molar-refractivity contribution < 1.29 is 4.79 Å². The third kappa shape index (κ3) is 9.35. The predicted molar refractivity (Wildman–Crippen MR) is 57.8 cm³/mol. The summed E-state index contributed by atoms with van der Waals surface area (Å²) in [4.78, 5) is 10.1. The lowest BCUT2D eigenvalue weighted by Gasteiger charge is -2.06. The normalized spacial score (nSPS) is 13.1. The molecule has 0 aliphatic carbocycles. The van der Waals surface area contributed by atoms with E-state index in [1.807, 2.05) is 12.2 Å². The first kappa shape index (κ1) is 12.4. The van der Waals surface area contributed by atoms with Crippen molar-refractivity contribution in [1.29, 1.82) is 0 Å². The van der Waals surface area contributed by atoms with E-state index in [0.29, 0.717) is 17.4 Å². The molecule has 0 aliphatic rings. The predicted octanol–water partition coefficient (Wildman–Crippen LogP) is 3.69. The van der Waals surface area contributed by atoms with Crippen LogP contribution in [0.25, 0.3) is 0 Å². The molecule has 74 valence electrons. The standard InChI is InChI=1S/C11H17ClO/c1-10(7-5-9-13)6-3-4-8-11(2)12/h4,8-10H,2-3,5-7H2,1H3/b8-4-. The maximum absolute atomic E-state index is 10.1. The molecule has 0 aromatic rings. The summed E-state index contributed by atoms with van der Waals surface area (Å²) in [6.07, 6.45) is 8.58. The third-order valence-corrected chi connectivity index (χ3v) is 2.03. The van der Waals surface area contributed by atoms with E-state index < -0.39 is 0 Å². The summed E-state index contributed by atoms with van der Waals surface area (Å²) in [5, 5.41) is 0.570. The molecule has 0 N–H and O–H groups in total. The number of carbonyl (C=O) groups excluding carboxylic acids is 1. The second-order valence-corrected chi connectivity index (χ2v) is 3.76. The number of allylic oxidation sites excluding steroid dienone is 3. The van der Waals surface area contributed by atoms with Crippen LogP contribution < -0.4 is 0 Å². The lowest BCUT2D eigenvalue weighted by Crippen LogP contribution is -1.93. The summed E-state index contributed by atoms with van der Waals surface area (Å²) in [6.45, 7) is 5.71. The fourth-order valence-electron chi connectivity index (χ4n) is 1.09. The van der Waals surface area contributed by atoms with E-state index in [4.69, 9.17) is 11.6 Å². The van der Waals surface area contributed by atoms with Gasteiger partial charge in [-0.2, -0.15) is 0 Å². The molecular weight excluding hydrogens is 184 g/mol. The van der Waals surface area contributed by atoms with Crippen molar-refractivity contribution in [2.24, 2.45) is 5.92 Å². The zero-order valence-electron chi connectivity index (χ0n) is 8.13. The van der Waals surface area contributed by atoms with Crippen LogP contribution in [-0.4, -0.2) is 6.29 Å². The molecule has 1 unspecified atom stereocenters. The second kappa shape index (κ2) is 8.06. The van der Waals surface area contributed by atoms with Gasteiger partial charge in [0.25, 0.3) is 0 Å². The molecule has 0 spiro atoms. The van der Waals surface area contributed by atoms with Gasteiger partial charge in [-0.3, -0.25) is 0 Å². The van der Waals surface area contributed by atoms with Crippen molar-refractivity contribution in [2.45, 2.75) is 32.6 Å². The highest BCUT2D eigenvalue weighted by Gasteiger charge is 1.99. The number of hydrogen-bond donors (Lipinski definition) is 0. The highest BCUT2D eigenvalue weighted by molar-refractivity contribution is 6.30. The molecule has 0 saturated heterocycles. The van der Waals surface area contributed by atoms with Gasteiger partial charge in [0.1, 0.15) is 6.29 Å². The number of carbonyl (C=O) groups is 1. The van der Waals surface area contributed by atoms with Crippen LogP contribution in [0.5, 0.6) is 0 Å². The molecule has 1 atom stereocenters. The smallest absolute Gasteiger partial charge is 0.120 e. The highest BCUT2D eigenvalue weighted by atomic mass is 35.5. The highest BCUT2D eigenvalue weighted by Crippen LogP contribution is 2.12. The van der Waals surface area contributed by atoms with Crippen LogP contribution in [0.4, 0.5) is 0 Å². The zero-order valence-corrected chi connectivity index (χ0v) is 8.89. The Balaban J connectivity index is 3.41. The van der Waals surface area contributed by atoms with E-state index >= 15 is 0 Å². The Labute approximate surface area is 85.5 Å². The Kier molecular flexibility index (Phi) is 7.71. The second-order valence-electron chi connectivity index (χ2n) is 3.28. The Hall–Kier alpha value is -0.560. The molecule has 0 aromatic carbocycles. The Morgan fingerprint density at radius 1 is 1.46 bits per heavy atom. The monoisotopic (exact) mass is 200 g/mol. The first-order valence-electron chi connectivity index (χ1n) is 4.61. The molecule has 0 rings (SSSR count). The van der Waals surface area contributed by atoms with Gasteiger partial charge in [0.15, 0.2) is 0 Å². The first-order valence-corrected chi connectivity index (χ1v) is 4.99. The quantitative estimate of drug-likeness (QED) is 0.453. The number of rotatable bonds is 7. The largest absolute Gasteiger partial charge is 0.303 e. The average molecular weight is 201 g/mol. The molecule has 0 fully saturated rings. The fraction of sp³-hybridized carbons (Fsp3) is 0.545. The van der Waals surface area contributed by atoms with Gasteiger partial charge in [0, 0.05) is 11.5 Å². The summed E-state index contributed by atoms with van der Waals surface area (Å²) in [6, 6.07) is 0. The number of halogens is 1. The van der Waals surface area contributed by atoms with Crippen LogP contribution in [-0.2, 0) is 4.79 Å². The van der Waals surface area contributed by atoms with Crippen molar-refractivity contribution in [3.63, 3.8) is 0 Å². The molecule has 1 nitrogen and oxygen atoms in total. The van der Waals surface area contributed by atoms with Gasteiger partial charge < -0.3 is 4.79 Å². The van der Waals surface area contributed by atoms with Crippen molar-refractivity contribution in [3.05, 3.63) is 23.8 Å². The van der Waals surface area contributed by atoms with Crippen LogP contribution in [0.15, 0.2) is 23.8 Å². The van der Waals surface area contributed by atoms with E-state index in [1.165, 1.54) is 0 Å². The van der Waals surface area contributed by atoms with Crippen molar-refractivity contribution >= 4 is 17.9 Å². The molecule has 2 heteroatoms. The number of aldehydes is 1. The molecule has 0 heterocycles. The van der Waals surface area contributed by atoms with E-state index in [0.717, 1.165) is 25.5 Å². The average Bonchev–Trinajstić information content (AvgIpc) is 2.08. The first-order chi connectivity index (χ1) is 6.16. The minimum Gasteiger partial charge on any atom is -0.303 e. The Bertz CT molecular complexity index is 185. The Morgan fingerprint density at radius 3 is 2.62 bits per heavy atom. The van der Waals surface area contributed by atoms with Gasteiger partial charge in [-0.15, -0.1) is 0 Å². The van der Waals surface area contributed by atoms with Gasteiger partial charge in [0.05, 0.1) is 0 Å². The van der Waals surface area contributed by atoms with E-state index in [-0.39, 0.29) is 0 Å². The summed E-state index contributed by atoms with van der Waals surface area (Å²) in [5.74, 6) is 0.610. The fourth-order valence-corrected chi connectivity index (χ4v) is 1.18. The van der Waals surface area contributed by atoms with Gasteiger partial charge in [-0.1, -0.05) is 31.2 Å². The van der Waals surface area contributed by atoms with Crippen LogP contribution in [0.3, 0.4) is 0 Å². The van der Waals surface area contributed by atoms with Crippen LogP contribution in [0.2, 0.25) is 0 Å².